The number of likely N-dealkylation sites (tertiary alicyclic amines) is 1. The molecule has 1 aliphatic rings. The Morgan fingerprint density at radius 3 is 2.55 bits per heavy atom. The van der Waals surface area contributed by atoms with Gasteiger partial charge in [-0.25, -0.2) is 4.79 Å². The fourth-order valence-corrected chi connectivity index (χ4v) is 3.21. The SMILES string of the molecule is CCOC(=O)N1CCC(NC(=O)c2ccc(Nc3cc(C)ccc3C)nn2)CC1. The van der Waals surface area contributed by atoms with Crippen LogP contribution in [-0.2, 0) is 4.74 Å². The van der Waals surface area contributed by atoms with Crippen molar-refractivity contribution in [3.8, 4) is 0 Å². The van der Waals surface area contributed by atoms with Crippen LogP contribution >= 0.6 is 0 Å². The number of benzene rings is 1. The molecule has 2 amide bonds. The summed E-state index contributed by atoms with van der Waals surface area (Å²) >= 11 is 0. The standard InChI is InChI=1S/C21H27N5O3/c1-4-29-21(28)26-11-9-16(10-12-26)22-20(27)17-7-8-19(25-24-17)23-18-13-14(2)5-6-15(18)3/h5-8,13,16H,4,9-12H2,1-3H3,(H,22,27)(H,23,25). The predicted molar refractivity (Wildman–Crippen MR) is 110 cm³/mol. The van der Waals surface area contributed by atoms with Gasteiger partial charge in [-0.15, -0.1) is 10.2 Å². The highest BCUT2D eigenvalue weighted by molar-refractivity contribution is 5.92. The minimum absolute atomic E-state index is 0.00252. The summed E-state index contributed by atoms with van der Waals surface area (Å²) in [5.41, 5.74) is 3.48. The van der Waals surface area contributed by atoms with E-state index in [4.69, 9.17) is 4.74 Å². The Morgan fingerprint density at radius 1 is 1.14 bits per heavy atom. The summed E-state index contributed by atoms with van der Waals surface area (Å²) in [6.07, 6.45) is 1.07. The maximum Gasteiger partial charge on any atom is 0.409 e. The number of ether oxygens (including phenoxy) is 1. The molecule has 29 heavy (non-hydrogen) atoms. The van der Waals surface area contributed by atoms with E-state index in [1.807, 2.05) is 26.0 Å². The van der Waals surface area contributed by atoms with Crippen LogP contribution in [0.15, 0.2) is 30.3 Å². The number of anilines is 2. The average Bonchev–Trinajstić information content (AvgIpc) is 2.72. The molecule has 154 valence electrons. The molecule has 1 aromatic heterocycles. The average molecular weight is 397 g/mol. The zero-order valence-corrected chi connectivity index (χ0v) is 17.1. The highest BCUT2D eigenvalue weighted by atomic mass is 16.6. The van der Waals surface area contributed by atoms with Crippen LogP contribution in [0.3, 0.4) is 0 Å². The van der Waals surface area contributed by atoms with Crippen LogP contribution < -0.4 is 10.6 Å². The van der Waals surface area contributed by atoms with E-state index in [1.165, 1.54) is 0 Å². The molecule has 2 aromatic rings. The second kappa shape index (κ2) is 9.36. The summed E-state index contributed by atoms with van der Waals surface area (Å²) < 4.78 is 5.01. The smallest absolute Gasteiger partial charge is 0.409 e. The first kappa shape index (κ1) is 20.6. The van der Waals surface area contributed by atoms with Gasteiger partial charge < -0.3 is 20.3 Å². The van der Waals surface area contributed by atoms with Crippen LogP contribution in [0.2, 0.25) is 0 Å². The van der Waals surface area contributed by atoms with Crippen molar-refractivity contribution in [1.29, 1.82) is 0 Å². The topological polar surface area (TPSA) is 96.5 Å². The molecule has 0 radical (unpaired) electrons. The highest BCUT2D eigenvalue weighted by Gasteiger charge is 2.25. The van der Waals surface area contributed by atoms with Crippen molar-refractivity contribution >= 4 is 23.5 Å². The molecule has 0 saturated carbocycles. The Balaban J connectivity index is 1.53. The lowest BCUT2D eigenvalue weighted by molar-refractivity contribution is 0.0856. The number of aryl methyl sites for hydroxylation is 2. The van der Waals surface area contributed by atoms with Gasteiger partial charge in [0.25, 0.3) is 5.91 Å². The molecule has 0 aliphatic carbocycles. The minimum atomic E-state index is -0.296. The molecule has 2 heterocycles. The van der Waals surface area contributed by atoms with Gasteiger partial charge in [0.1, 0.15) is 0 Å². The molecule has 2 N–H and O–H groups in total. The van der Waals surface area contributed by atoms with Gasteiger partial charge in [-0.05, 0) is 62.9 Å². The molecule has 8 nitrogen and oxygen atoms in total. The zero-order valence-electron chi connectivity index (χ0n) is 17.1. The van der Waals surface area contributed by atoms with E-state index < -0.39 is 0 Å². The van der Waals surface area contributed by atoms with Gasteiger partial charge in [-0.2, -0.15) is 0 Å². The number of nitrogens with zero attached hydrogens (tertiary/aromatic N) is 3. The predicted octanol–water partition coefficient (Wildman–Crippen LogP) is 3.19. The monoisotopic (exact) mass is 397 g/mol. The van der Waals surface area contributed by atoms with Gasteiger partial charge in [0.05, 0.1) is 6.61 Å². The lowest BCUT2D eigenvalue weighted by atomic mass is 10.1. The van der Waals surface area contributed by atoms with Gasteiger partial charge in [0.15, 0.2) is 11.5 Å². The maximum absolute atomic E-state index is 12.5. The van der Waals surface area contributed by atoms with Crippen LogP contribution in [0.1, 0.15) is 41.4 Å². The summed E-state index contributed by atoms with van der Waals surface area (Å²) in [4.78, 5) is 25.9. The number of hydrogen-bond donors (Lipinski definition) is 2. The molecule has 3 rings (SSSR count). The fraction of sp³-hybridized carbons (Fsp3) is 0.429. The van der Waals surface area contributed by atoms with Crippen LogP contribution in [0.25, 0.3) is 0 Å². The van der Waals surface area contributed by atoms with Crippen molar-refractivity contribution < 1.29 is 14.3 Å². The Kier molecular flexibility index (Phi) is 6.64. The maximum atomic E-state index is 12.5. The lowest BCUT2D eigenvalue weighted by Gasteiger charge is -2.31. The molecule has 1 aromatic carbocycles. The van der Waals surface area contributed by atoms with E-state index in [1.54, 1.807) is 24.0 Å². The third-order valence-corrected chi connectivity index (χ3v) is 4.91. The molecule has 0 unspecified atom stereocenters. The number of carbonyl (C=O) groups is 2. The molecule has 8 heteroatoms. The largest absolute Gasteiger partial charge is 0.450 e. The van der Waals surface area contributed by atoms with Crippen molar-refractivity contribution in [3.05, 3.63) is 47.2 Å². The van der Waals surface area contributed by atoms with Crippen LogP contribution in [-0.4, -0.2) is 52.8 Å². The summed E-state index contributed by atoms with van der Waals surface area (Å²) in [5.74, 6) is 0.323. The van der Waals surface area contributed by atoms with E-state index in [9.17, 15) is 9.59 Å². The van der Waals surface area contributed by atoms with E-state index in [0.717, 1.165) is 16.8 Å². The quantitative estimate of drug-likeness (QED) is 0.804. The number of carbonyl (C=O) groups excluding carboxylic acids is 2. The second-order valence-corrected chi connectivity index (χ2v) is 7.18. The van der Waals surface area contributed by atoms with Crippen molar-refractivity contribution in [2.45, 2.75) is 39.7 Å². The van der Waals surface area contributed by atoms with Crippen LogP contribution in [0.4, 0.5) is 16.3 Å². The first-order valence-electron chi connectivity index (χ1n) is 9.87. The van der Waals surface area contributed by atoms with Gasteiger partial charge >= 0.3 is 6.09 Å². The fourth-order valence-electron chi connectivity index (χ4n) is 3.21. The van der Waals surface area contributed by atoms with Crippen LogP contribution in [0.5, 0.6) is 0 Å². The molecular formula is C21H27N5O3. The first-order chi connectivity index (χ1) is 14.0. The third kappa shape index (κ3) is 5.43. The molecule has 1 fully saturated rings. The van der Waals surface area contributed by atoms with Crippen molar-refractivity contribution in [2.75, 3.05) is 25.0 Å². The third-order valence-electron chi connectivity index (χ3n) is 4.91. The van der Waals surface area contributed by atoms with Gasteiger partial charge in [-0.1, -0.05) is 12.1 Å². The minimum Gasteiger partial charge on any atom is -0.450 e. The van der Waals surface area contributed by atoms with E-state index >= 15 is 0 Å². The van der Waals surface area contributed by atoms with Gasteiger partial charge in [-0.3, -0.25) is 4.79 Å². The van der Waals surface area contributed by atoms with E-state index in [-0.39, 0.29) is 23.7 Å². The van der Waals surface area contributed by atoms with Gasteiger partial charge in [0, 0.05) is 24.8 Å². The molecule has 0 bridgehead atoms. The first-order valence-corrected chi connectivity index (χ1v) is 9.87. The van der Waals surface area contributed by atoms with Crippen molar-refractivity contribution in [1.82, 2.24) is 20.4 Å². The van der Waals surface area contributed by atoms with Crippen LogP contribution in [0, 0.1) is 13.8 Å². The highest BCUT2D eigenvalue weighted by Crippen LogP contribution is 2.20. The Labute approximate surface area is 170 Å². The van der Waals surface area contributed by atoms with Gasteiger partial charge in [0.2, 0.25) is 0 Å². The summed E-state index contributed by atoms with van der Waals surface area (Å²) in [6, 6.07) is 9.54. The Morgan fingerprint density at radius 2 is 1.90 bits per heavy atom. The Bertz CT molecular complexity index is 861. The normalized spacial score (nSPS) is 14.4. The zero-order chi connectivity index (χ0) is 20.8. The lowest BCUT2D eigenvalue weighted by Crippen LogP contribution is -2.46. The Hall–Kier alpha value is -3.16. The van der Waals surface area contributed by atoms with E-state index in [2.05, 4.69) is 26.9 Å². The number of rotatable bonds is 5. The molecule has 0 spiro atoms. The van der Waals surface area contributed by atoms with Crippen molar-refractivity contribution in [3.63, 3.8) is 0 Å². The summed E-state index contributed by atoms with van der Waals surface area (Å²) in [7, 11) is 0. The number of amides is 2. The number of hydrogen-bond acceptors (Lipinski definition) is 6. The molecular weight excluding hydrogens is 370 g/mol. The summed E-state index contributed by atoms with van der Waals surface area (Å²) in [6.45, 7) is 7.32. The van der Waals surface area contributed by atoms with E-state index in [0.29, 0.717) is 38.4 Å². The summed E-state index contributed by atoms with van der Waals surface area (Å²) in [5, 5.41) is 14.4. The second-order valence-electron chi connectivity index (χ2n) is 7.18. The number of aromatic nitrogens is 2. The molecule has 1 aliphatic heterocycles. The number of nitrogens with one attached hydrogen (secondary N) is 2. The number of piperidine rings is 1. The van der Waals surface area contributed by atoms with Crippen molar-refractivity contribution in [2.24, 2.45) is 0 Å². The molecule has 0 atom stereocenters. The molecule has 1 saturated heterocycles.